The van der Waals surface area contributed by atoms with Crippen molar-refractivity contribution in [1.82, 2.24) is 0 Å². The first kappa shape index (κ1) is 26.1. The quantitative estimate of drug-likeness (QED) is 0.490. The van der Waals surface area contributed by atoms with Crippen molar-refractivity contribution in [2.24, 2.45) is 0 Å². The van der Waals surface area contributed by atoms with Gasteiger partial charge < -0.3 is 27.9 Å². The van der Waals surface area contributed by atoms with E-state index >= 15 is 0 Å². The van der Waals surface area contributed by atoms with Gasteiger partial charge in [-0.3, -0.25) is 4.79 Å². The van der Waals surface area contributed by atoms with Crippen LogP contribution in [-0.4, -0.2) is 19.0 Å². The van der Waals surface area contributed by atoms with Crippen molar-refractivity contribution in [1.29, 1.82) is 5.26 Å². The molecule has 5 nitrogen and oxygen atoms in total. The summed E-state index contributed by atoms with van der Waals surface area (Å²) >= 11 is 0. The van der Waals surface area contributed by atoms with Crippen LogP contribution < -0.4 is 27.9 Å². The molecule has 2 N–H and O–H groups in total. The summed E-state index contributed by atoms with van der Waals surface area (Å²) in [6.07, 6.45) is 1.47. The predicted molar refractivity (Wildman–Crippen MR) is 126 cm³/mol. The summed E-state index contributed by atoms with van der Waals surface area (Å²) in [5, 5.41) is 15.6. The maximum atomic E-state index is 12.7. The van der Waals surface area contributed by atoms with E-state index in [1.165, 1.54) is 6.20 Å². The molecule has 2 rings (SSSR count). The molecule has 1 amide bonds. The van der Waals surface area contributed by atoms with Crippen LogP contribution in [0.1, 0.15) is 50.3 Å². The summed E-state index contributed by atoms with van der Waals surface area (Å²) < 4.78 is 0. The maximum Gasteiger partial charge on any atom is 0.267 e. The van der Waals surface area contributed by atoms with Crippen LogP contribution in [0.15, 0.2) is 48.2 Å². The normalized spacial score (nSPS) is 10.8. The number of nitrogens with zero attached hydrogens (tertiary/aromatic N) is 2. The molecule has 0 aliphatic carbocycles. The Labute approximate surface area is 192 Å². The number of rotatable bonds is 8. The zero-order chi connectivity index (χ0) is 22.3. The third kappa shape index (κ3) is 6.50. The fourth-order valence-corrected chi connectivity index (χ4v) is 3.42. The first-order valence-corrected chi connectivity index (χ1v) is 10.5. The molecule has 2 aromatic rings. The van der Waals surface area contributed by atoms with Crippen molar-refractivity contribution in [2.45, 2.75) is 47.5 Å². The maximum absolute atomic E-state index is 12.7. The van der Waals surface area contributed by atoms with Crippen molar-refractivity contribution >= 4 is 23.0 Å². The van der Waals surface area contributed by atoms with E-state index in [0.717, 1.165) is 46.8 Å². The number of para-hydroxylation sites is 1. The summed E-state index contributed by atoms with van der Waals surface area (Å²) in [6.45, 7) is 14.3. The lowest BCUT2D eigenvalue weighted by atomic mass is 9.98. The molecule has 166 valence electrons. The Bertz CT molecular complexity index is 972. The molecule has 0 spiro atoms. The van der Waals surface area contributed by atoms with Gasteiger partial charge in [0.15, 0.2) is 0 Å². The number of nitrogens with one attached hydrogen (secondary N) is 2. The number of hydrogen-bond donors (Lipinski definition) is 2. The van der Waals surface area contributed by atoms with Gasteiger partial charge in [0.1, 0.15) is 11.6 Å². The van der Waals surface area contributed by atoms with Crippen LogP contribution in [0.4, 0.5) is 17.1 Å². The highest BCUT2D eigenvalue weighted by atomic mass is 35.5. The van der Waals surface area contributed by atoms with E-state index < -0.39 is 5.91 Å². The van der Waals surface area contributed by atoms with E-state index in [0.29, 0.717) is 0 Å². The summed E-state index contributed by atoms with van der Waals surface area (Å²) in [5.74, 6) is -0.154. The molecule has 0 aromatic heterocycles. The molecule has 0 saturated carbocycles. The smallest absolute Gasteiger partial charge is 0.267 e. The first-order valence-electron chi connectivity index (χ1n) is 10.5. The zero-order valence-corrected chi connectivity index (χ0v) is 20.0. The van der Waals surface area contributed by atoms with Crippen molar-refractivity contribution in [3.8, 4) is 6.07 Å². The predicted octanol–water partition coefficient (Wildman–Crippen LogP) is 2.74. The molecule has 6 heteroatoms. The first-order chi connectivity index (χ1) is 14.3. The molecule has 0 atom stereocenters. The average Bonchev–Trinajstić information content (AvgIpc) is 2.72. The molecule has 31 heavy (non-hydrogen) atoms. The minimum absolute atomic E-state index is 0. The van der Waals surface area contributed by atoms with E-state index in [-0.39, 0.29) is 23.9 Å². The summed E-state index contributed by atoms with van der Waals surface area (Å²) in [4.78, 5) is 15.0. The van der Waals surface area contributed by atoms with Crippen molar-refractivity contribution in [3.05, 3.63) is 64.9 Å². The van der Waals surface area contributed by atoms with Gasteiger partial charge in [-0.2, -0.15) is 5.26 Å². The van der Waals surface area contributed by atoms with Crippen molar-refractivity contribution < 1.29 is 17.2 Å². The van der Waals surface area contributed by atoms with Crippen molar-refractivity contribution in [2.75, 3.05) is 28.6 Å². The van der Waals surface area contributed by atoms with Gasteiger partial charge in [0, 0.05) is 36.4 Å². The van der Waals surface area contributed by atoms with Gasteiger partial charge >= 0.3 is 0 Å². The van der Waals surface area contributed by atoms with Gasteiger partial charge in [-0.1, -0.05) is 32.0 Å². The number of anilines is 3. The Morgan fingerprint density at radius 1 is 1.13 bits per heavy atom. The Balaban J connectivity index is 0.00000480. The molecule has 0 unspecified atom stereocenters. The molecular formula is C25H32ClN4O-. The number of halogens is 1. The van der Waals surface area contributed by atoms with E-state index in [1.807, 2.05) is 50.2 Å². The van der Waals surface area contributed by atoms with E-state index in [1.54, 1.807) is 0 Å². The fraction of sp³-hybridized carbons (Fsp3) is 0.360. The van der Waals surface area contributed by atoms with Crippen LogP contribution in [0.5, 0.6) is 0 Å². The van der Waals surface area contributed by atoms with Crippen molar-refractivity contribution in [3.63, 3.8) is 0 Å². The largest absolute Gasteiger partial charge is 1.00 e. The number of amides is 1. The van der Waals surface area contributed by atoms with E-state index in [2.05, 4.69) is 49.3 Å². The van der Waals surface area contributed by atoms with Gasteiger partial charge in [-0.15, -0.1) is 0 Å². The number of hydrogen-bond acceptors (Lipinski definition) is 4. The Hall–Kier alpha value is -2.97. The molecule has 0 saturated heterocycles. The van der Waals surface area contributed by atoms with Crippen LogP contribution in [0.2, 0.25) is 0 Å². The monoisotopic (exact) mass is 439 g/mol. The molecule has 2 aromatic carbocycles. The lowest BCUT2D eigenvalue weighted by Crippen LogP contribution is -3.00. The minimum atomic E-state index is -0.418. The van der Waals surface area contributed by atoms with Gasteiger partial charge in [0.05, 0.1) is 0 Å². The Kier molecular flexibility index (Phi) is 10.1. The standard InChI is InChI=1S/C25H32N4O.ClH/c1-7-29(8-2)21-12-13-23(19(6)14-21)27-16-20(15-26)25(30)28-24-18(5)10-9-11-22(24)17(3)4;/h9-14,16-17,27H,7-8H2,1-6H3,(H,28,30);1H/p-1/b20-16-;. The summed E-state index contributed by atoms with van der Waals surface area (Å²) in [5.41, 5.74) is 5.91. The second-order valence-electron chi connectivity index (χ2n) is 7.63. The Morgan fingerprint density at radius 2 is 1.81 bits per heavy atom. The number of carbonyl (C=O) groups is 1. The molecule has 0 radical (unpaired) electrons. The highest BCUT2D eigenvalue weighted by molar-refractivity contribution is 6.07. The zero-order valence-electron chi connectivity index (χ0n) is 19.2. The lowest BCUT2D eigenvalue weighted by molar-refractivity contribution is -0.112. The number of aryl methyl sites for hydroxylation is 2. The van der Waals surface area contributed by atoms with Crippen LogP contribution in [0.25, 0.3) is 0 Å². The number of carbonyl (C=O) groups excluding carboxylic acids is 1. The van der Waals surface area contributed by atoms with Crippen LogP contribution in [0, 0.1) is 25.2 Å². The molecule has 0 aliphatic rings. The van der Waals surface area contributed by atoms with Gasteiger partial charge in [-0.05, 0) is 68.5 Å². The topological polar surface area (TPSA) is 68.2 Å². The fourth-order valence-electron chi connectivity index (χ4n) is 3.42. The van der Waals surface area contributed by atoms with E-state index in [9.17, 15) is 10.1 Å². The molecule has 0 aliphatic heterocycles. The van der Waals surface area contributed by atoms with Gasteiger partial charge in [-0.25, -0.2) is 0 Å². The van der Waals surface area contributed by atoms with Crippen LogP contribution in [0.3, 0.4) is 0 Å². The highest BCUT2D eigenvalue weighted by Gasteiger charge is 2.15. The second kappa shape index (κ2) is 12.0. The molecule has 0 fully saturated rings. The van der Waals surface area contributed by atoms with E-state index in [4.69, 9.17) is 0 Å². The second-order valence-corrected chi connectivity index (χ2v) is 7.63. The van der Waals surface area contributed by atoms with Crippen LogP contribution in [-0.2, 0) is 4.79 Å². The molecule has 0 bridgehead atoms. The summed E-state index contributed by atoms with van der Waals surface area (Å²) in [7, 11) is 0. The lowest BCUT2D eigenvalue weighted by Gasteiger charge is -2.22. The summed E-state index contributed by atoms with van der Waals surface area (Å²) in [6, 6.07) is 14.1. The highest BCUT2D eigenvalue weighted by Crippen LogP contribution is 2.28. The third-order valence-electron chi connectivity index (χ3n) is 5.24. The molecule has 0 heterocycles. The minimum Gasteiger partial charge on any atom is -1.00 e. The van der Waals surface area contributed by atoms with Gasteiger partial charge in [0.2, 0.25) is 0 Å². The average molecular weight is 440 g/mol. The number of benzene rings is 2. The third-order valence-corrected chi connectivity index (χ3v) is 5.24. The SMILES string of the molecule is CCN(CC)c1ccc(N/C=C(/C#N)C(=O)Nc2c(C)cccc2C(C)C)c(C)c1.[Cl-]. The van der Waals surface area contributed by atoms with Gasteiger partial charge in [0.25, 0.3) is 5.91 Å². The number of nitriles is 1. The van der Waals surface area contributed by atoms with Crippen LogP contribution >= 0.6 is 0 Å². The molecular weight excluding hydrogens is 408 g/mol. The Morgan fingerprint density at radius 3 is 2.35 bits per heavy atom.